The maximum absolute atomic E-state index is 12.0. The number of carbonyl (C=O) groups excluding carboxylic acids is 1. The molecule has 1 rings (SSSR count). The molecule has 0 aromatic heterocycles. The molecule has 0 atom stereocenters. The molecule has 0 fully saturated rings. The summed E-state index contributed by atoms with van der Waals surface area (Å²) in [5.74, 6) is -0.703. The number of esters is 1. The zero-order valence-corrected chi connectivity index (χ0v) is 9.79. The van der Waals surface area contributed by atoms with Gasteiger partial charge in [-0.05, 0) is 24.1 Å². The van der Waals surface area contributed by atoms with E-state index in [1.54, 1.807) is 6.07 Å². The standard InChI is InChI=1S/C12H13F3O3/c1-2-4-11(16)17-8-9-5-3-6-10(7-9)18-12(13,14)15/h3,5-7H,2,4,8H2,1H3. The van der Waals surface area contributed by atoms with Gasteiger partial charge in [0.2, 0.25) is 0 Å². The first-order valence-electron chi connectivity index (χ1n) is 5.41. The van der Waals surface area contributed by atoms with Gasteiger partial charge >= 0.3 is 12.3 Å². The molecule has 100 valence electrons. The van der Waals surface area contributed by atoms with E-state index >= 15 is 0 Å². The topological polar surface area (TPSA) is 35.5 Å². The maximum Gasteiger partial charge on any atom is 0.573 e. The Kier molecular flexibility index (Phi) is 5.00. The van der Waals surface area contributed by atoms with Crippen molar-refractivity contribution in [2.45, 2.75) is 32.7 Å². The van der Waals surface area contributed by atoms with E-state index in [0.29, 0.717) is 18.4 Å². The lowest BCUT2D eigenvalue weighted by Crippen LogP contribution is -2.17. The molecule has 1 aromatic carbocycles. The number of rotatable bonds is 5. The first-order chi connectivity index (χ1) is 8.40. The van der Waals surface area contributed by atoms with Crippen molar-refractivity contribution in [3.63, 3.8) is 0 Å². The van der Waals surface area contributed by atoms with Crippen molar-refractivity contribution in [2.24, 2.45) is 0 Å². The van der Waals surface area contributed by atoms with E-state index in [4.69, 9.17) is 4.74 Å². The van der Waals surface area contributed by atoms with Gasteiger partial charge < -0.3 is 9.47 Å². The minimum Gasteiger partial charge on any atom is -0.461 e. The number of carbonyl (C=O) groups is 1. The molecular formula is C12H13F3O3. The molecule has 0 bridgehead atoms. The Labute approximate surface area is 103 Å². The number of alkyl halides is 3. The maximum atomic E-state index is 12.0. The van der Waals surface area contributed by atoms with Crippen LogP contribution in [-0.4, -0.2) is 12.3 Å². The Balaban J connectivity index is 2.57. The van der Waals surface area contributed by atoms with Gasteiger partial charge in [-0.15, -0.1) is 13.2 Å². The van der Waals surface area contributed by atoms with Gasteiger partial charge in [-0.3, -0.25) is 4.79 Å². The van der Waals surface area contributed by atoms with Crippen LogP contribution in [0.15, 0.2) is 24.3 Å². The molecule has 0 aliphatic carbocycles. The number of halogens is 3. The number of hydrogen-bond acceptors (Lipinski definition) is 3. The summed E-state index contributed by atoms with van der Waals surface area (Å²) in [6.07, 6.45) is -3.77. The summed E-state index contributed by atoms with van der Waals surface area (Å²) in [4.78, 5) is 11.1. The lowest BCUT2D eigenvalue weighted by Gasteiger charge is -2.10. The average molecular weight is 262 g/mol. The minimum atomic E-state index is -4.72. The fraction of sp³-hybridized carbons (Fsp3) is 0.417. The van der Waals surface area contributed by atoms with Crippen LogP contribution in [0.3, 0.4) is 0 Å². The molecule has 0 radical (unpaired) electrons. The van der Waals surface area contributed by atoms with Crippen molar-refractivity contribution in [1.29, 1.82) is 0 Å². The Morgan fingerprint density at radius 1 is 1.33 bits per heavy atom. The van der Waals surface area contributed by atoms with Gasteiger partial charge in [0.1, 0.15) is 12.4 Å². The van der Waals surface area contributed by atoms with Crippen LogP contribution in [0.5, 0.6) is 5.75 Å². The molecule has 0 spiro atoms. The third kappa shape index (κ3) is 5.56. The normalized spacial score (nSPS) is 11.1. The first-order valence-corrected chi connectivity index (χ1v) is 5.41. The van der Waals surface area contributed by atoms with E-state index in [-0.39, 0.29) is 18.3 Å². The lowest BCUT2D eigenvalue weighted by molar-refractivity contribution is -0.274. The predicted octanol–water partition coefficient (Wildman–Crippen LogP) is 3.43. The van der Waals surface area contributed by atoms with E-state index in [1.807, 2.05) is 6.92 Å². The van der Waals surface area contributed by atoms with E-state index in [2.05, 4.69) is 4.74 Å². The summed E-state index contributed by atoms with van der Waals surface area (Å²) >= 11 is 0. The van der Waals surface area contributed by atoms with Gasteiger partial charge in [-0.25, -0.2) is 0 Å². The molecule has 0 aliphatic rings. The van der Waals surface area contributed by atoms with Crippen LogP contribution in [0.4, 0.5) is 13.2 Å². The molecule has 0 heterocycles. The molecule has 6 heteroatoms. The Bertz CT molecular complexity index is 402. The van der Waals surface area contributed by atoms with Gasteiger partial charge in [0.05, 0.1) is 0 Å². The summed E-state index contributed by atoms with van der Waals surface area (Å²) in [5.41, 5.74) is 0.446. The fourth-order valence-electron chi connectivity index (χ4n) is 1.27. The van der Waals surface area contributed by atoms with Crippen molar-refractivity contribution in [3.8, 4) is 5.75 Å². The highest BCUT2D eigenvalue weighted by atomic mass is 19.4. The van der Waals surface area contributed by atoms with Crippen LogP contribution >= 0.6 is 0 Å². The SMILES string of the molecule is CCCC(=O)OCc1cccc(OC(F)(F)F)c1. The highest BCUT2D eigenvalue weighted by Crippen LogP contribution is 2.23. The Hall–Kier alpha value is -1.72. The van der Waals surface area contributed by atoms with E-state index in [1.165, 1.54) is 18.2 Å². The van der Waals surface area contributed by atoms with Gasteiger partial charge in [0, 0.05) is 6.42 Å². The van der Waals surface area contributed by atoms with Gasteiger partial charge in [-0.2, -0.15) is 0 Å². The van der Waals surface area contributed by atoms with Crippen LogP contribution in [-0.2, 0) is 16.1 Å². The largest absolute Gasteiger partial charge is 0.573 e. The van der Waals surface area contributed by atoms with Gasteiger partial charge in [0.25, 0.3) is 0 Å². The quantitative estimate of drug-likeness (QED) is 0.762. The van der Waals surface area contributed by atoms with Crippen LogP contribution in [0.1, 0.15) is 25.3 Å². The van der Waals surface area contributed by atoms with Crippen molar-refractivity contribution >= 4 is 5.97 Å². The molecule has 0 amide bonds. The molecule has 1 aromatic rings. The second-order valence-electron chi connectivity index (χ2n) is 3.61. The second-order valence-corrected chi connectivity index (χ2v) is 3.61. The summed E-state index contributed by atoms with van der Waals surface area (Å²) in [5, 5.41) is 0. The van der Waals surface area contributed by atoms with E-state index < -0.39 is 6.36 Å². The summed E-state index contributed by atoms with van der Waals surface area (Å²) in [6.45, 7) is 1.77. The van der Waals surface area contributed by atoms with Gasteiger partial charge in [-0.1, -0.05) is 19.1 Å². The lowest BCUT2D eigenvalue weighted by atomic mass is 10.2. The van der Waals surface area contributed by atoms with Gasteiger partial charge in [0.15, 0.2) is 0 Å². The number of ether oxygens (including phenoxy) is 2. The molecule has 18 heavy (non-hydrogen) atoms. The molecule has 0 saturated carbocycles. The monoisotopic (exact) mass is 262 g/mol. The minimum absolute atomic E-state index is 0.0616. The average Bonchev–Trinajstić information content (AvgIpc) is 2.25. The number of benzene rings is 1. The van der Waals surface area contributed by atoms with Crippen LogP contribution in [0.25, 0.3) is 0 Å². The van der Waals surface area contributed by atoms with Crippen molar-refractivity contribution in [3.05, 3.63) is 29.8 Å². The van der Waals surface area contributed by atoms with Crippen molar-refractivity contribution in [1.82, 2.24) is 0 Å². The molecule has 0 unspecified atom stereocenters. The first kappa shape index (κ1) is 14.3. The molecule has 0 aliphatic heterocycles. The molecular weight excluding hydrogens is 249 g/mol. The van der Waals surface area contributed by atoms with E-state index in [9.17, 15) is 18.0 Å². The number of hydrogen-bond donors (Lipinski definition) is 0. The van der Waals surface area contributed by atoms with Crippen LogP contribution in [0, 0.1) is 0 Å². The second kappa shape index (κ2) is 6.28. The molecule has 3 nitrogen and oxygen atoms in total. The van der Waals surface area contributed by atoms with Crippen molar-refractivity contribution < 1.29 is 27.4 Å². The molecule has 0 N–H and O–H groups in total. The van der Waals surface area contributed by atoms with Crippen LogP contribution in [0.2, 0.25) is 0 Å². The smallest absolute Gasteiger partial charge is 0.461 e. The fourth-order valence-corrected chi connectivity index (χ4v) is 1.27. The molecule has 0 saturated heterocycles. The highest BCUT2D eigenvalue weighted by molar-refractivity contribution is 5.69. The Morgan fingerprint density at radius 3 is 2.67 bits per heavy atom. The van der Waals surface area contributed by atoms with Crippen molar-refractivity contribution in [2.75, 3.05) is 0 Å². The Morgan fingerprint density at radius 2 is 2.06 bits per heavy atom. The summed E-state index contributed by atoms with van der Waals surface area (Å²) < 4.78 is 44.6. The van der Waals surface area contributed by atoms with Crippen LogP contribution < -0.4 is 4.74 Å². The predicted molar refractivity (Wildman–Crippen MR) is 57.8 cm³/mol. The van der Waals surface area contributed by atoms with E-state index in [0.717, 1.165) is 0 Å². The third-order valence-electron chi connectivity index (χ3n) is 1.99. The third-order valence-corrected chi connectivity index (χ3v) is 1.99. The highest BCUT2D eigenvalue weighted by Gasteiger charge is 2.31. The zero-order chi connectivity index (χ0) is 13.6. The summed E-state index contributed by atoms with van der Waals surface area (Å²) in [7, 11) is 0. The zero-order valence-electron chi connectivity index (χ0n) is 9.79. The summed E-state index contributed by atoms with van der Waals surface area (Å²) in [6, 6.07) is 5.34.